The summed E-state index contributed by atoms with van der Waals surface area (Å²) in [6.07, 6.45) is 7.10. The van der Waals surface area contributed by atoms with E-state index in [2.05, 4.69) is 20.4 Å². The molecule has 0 saturated heterocycles. The maximum atomic E-state index is 12.7. The molecule has 0 radical (unpaired) electrons. The van der Waals surface area contributed by atoms with Crippen LogP contribution < -0.4 is 10.1 Å². The second-order valence-corrected chi connectivity index (χ2v) is 8.12. The van der Waals surface area contributed by atoms with Crippen LogP contribution in [-0.4, -0.2) is 37.8 Å². The van der Waals surface area contributed by atoms with Crippen LogP contribution >= 0.6 is 11.8 Å². The van der Waals surface area contributed by atoms with Crippen molar-refractivity contribution in [2.75, 3.05) is 11.6 Å². The number of rotatable bonds is 6. The van der Waals surface area contributed by atoms with Crippen LogP contribution in [-0.2, 0) is 11.2 Å². The second kappa shape index (κ2) is 8.41. The van der Waals surface area contributed by atoms with Gasteiger partial charge in [-0.25, -0.2) is 9.50 Å². The van der Waals surface area contributed by atoms with E-state index in [1.165, 1.54) is 24.6 Å². The molecule has 152 valence electrons. The summed E-state index contributed by atoms with van der Waals surface area (Å²) in [6.45, 7) is 3.85. The van der Waals surface area contributed by atoms with Crippen LogP contribution in [0, 0.1) is 13.8 Å². The number of nitrogens with one attached hydrogen (secondary N) is 1. The van der Waals surface area contributed by atoms with Crippen molar-refractivity contribution in [3.8, 4) is 5.75 Å². The first-order chi connectivity index (χ1) is 14.0. The van der Waals surface area contributed by atoms with Gasteiger partial charge in [0.1, 0.15) is 5.75 Å². The first-order valence-corrected chi connectivity index (χ1v) is 11.1. The normalized spacial score (nSPS) is 14.4. The number of hydrogen-bond acceptors (Lipinski definition) is 6. The van der Waals surface area contributed by atoms with Gasteiger partial charge in [-0.3, -0.25) is 4.79 Å². The van der Waals surface area contributed by atoms with Gasteiger partial charge >= 0.3 is 0 Å². The number of nitrogens with zero attached hydrogens (tertiary/aromatic N) is 4. The Labute approximate surface area is 174 Å². The van der Waals surface area contributed by atoms with Crippen LogP contribution in [0.5, 0.6) is 5.75 Å². The number of ether oxygens (including phenoxy) is 1. The van der Waals surface area contributed by atoms with E-state index in [9.17, 15) is 4.79 Å². The van der Waals surface area contributed by atoms with Gasteiger partial charge in [-0.2, -0.15) is 4.98 Å². The molecule has 0 aliphatic heterocycles. The largest absolute Gasteiger partial charge is 0.490 e. The maximum Gasteiger partial charge on any atom is 0.253 e. The molecular formula is C21H25N5O2S. The number of benzene rings is 1. The summed E-state index contributed by atoms with van der Waals surface area (Å²) in [6, 6.07) is 7.61. The summed E-state index contributed by atoms with van der Waals surface area (Å²) in [7, 11) is 0. The first kappa shape index (κ1) is 19.7. The summed E-state index contributed by atoms with van der Waals surface area (Å²) in [4.78, 5) is 21.6. The molecule has 1 fully saturated rings. The Balaban J connectivity index is 1.48. The van der Waals surface area contributed by atoms with E-state index in [1.807, 2.05) is 44.4 Å². The van der Waals surface area contributed by atoms with E-state index in [-0.39, 0.29) is 18.4 Å². The SMILES string of the molecule is CSc1nc2nc(C)c(CC(=O)Nc3cccc(OC4CCCC4)c3)c(C)n2n1. The molecule has 0 unspecified atom stereocenters. The van der Waals surface area contributed by atoms with Gasteiger partial charge in [0.25, 0.3) is 5.78 Å². The first-order valence-electron chi connectivity index (χ1n) is 9.87. The van der Waals surface area contributed by atoms with Gasteiger partial charge < -0.3 is 10.1 Å². The number of fused-ring (bicyclic) bond motifs is 1. The number of amides is 1. The fourth-order valence-corrected chi connectivity index (χ4v) is 4.08. The maximum absolute atomic E-state index is 12.7. The Morgan fingerprint density at radius 3 is 2.83 bits per heavy atom. The highest BCUT2D eigenvalue weighted by Crippen LogP contribution is 2.26. The van der Waals surface area contributed by atoms with E-state index in [0.717, 1.165) is 41.2 Å². The highest BCUT2D eigenvalue weighted by Gasteiger charge is 2.18. The summed E-state index contributed by atoms with van der Waals surface area (Å²) >= 11 is 1.47. The molecule has 1 aromatic carbocycles. The van der Waals surface area contributed by atoms with Crippen molar-refractivity contribution < 1.29 is 9.53 Å². The molecule has 2 aromatic heterocycles. The number of aromatic nitrogens is 4. The van der Waals surface area contributed by atoms with E-state index < -0.39 is 0 Å². The van der Waals surface area contributed by atoms with Crippen molar-refractivity contribution in [3.63, 3.8) is 0 Å². The Hall–Kier alpha value is -2.61. The minimum absolute atomic E-state index is 0.0967. The Kier molecular flexibility index (Phi) is 5.71. The molecule has 0 atom stereocenters. The molecule has 8 heteroatoms. The lowest BCUT2D eigenvalue weighted by Gasteiger charge is -2.14. The molecule has 1 amide bonds. The minimum Gasteiger partial charge on any atom is -0.490 e. The number of carbonyl (C=O) groups excluding carboxylic acids is 1. The minimum atomic E-state index is -0.0967. The molecule has 2 heterocycles. The average Bonchev–Trinajstić information content (AvgIpc) is 3.35. The van der Waals surface area contributed by atoms with Gasteiger partial charge in [-0.15, -0.1) is 5.10 Å². The lowest BCUT2D eigenvalue weighted by Crippen LogP contribution is -2.18. The van der Waals surface area contributed by atoms with Gasteiger partial charge in [-0.05, 0) is 57.9 Å². The van der Waals surface area contributed by atoms with Crippen molar-refractivity contribution in [1.82, 2.24) is 19.6 Å². The summed E-state index contributed by atoms with van der Waals surface area (Å²) in [5.74, 6) is 1.27. The molecule has 7 nitrogen and oxygen atoms in total. The van der Waals surface area contributed by atoms with Crippen LogP contribution in [0.1, 0.15) is 42.6 Å². The third-order valence-electron chi connectivity index (χ3n) is 5.27. The number of carbonyl (C=O) groups is 1. The number of hydrogen-bond donors (Lipinski definition) is 1. The quantitative estimate of drug-likeness (QED) is 0.618. The Bertz CT molecular complexity index is 1040. The lowest BCUT2D eigenvalue weighted by molar-refractivity contribution is -0.115. The van der Waals surface area contributed by atoms with Crippen LogP contribution in [0.15, 0.2) is 29.4 Å². The molecule has 0 spiro atoms. The van der Waals surface area contributed by atoms with Crippen molar-refractivity contribution in [1.29, 1.82) is 0 Å². The smallest absolute Gasteiger partial charge is 0.253 e. The topological polar surface area (TPSA) is 81.4 Å². The van der Waals surface area contributed by atoms with Crippen LogP contribution in [0.4, 0.5) is 5.69 Å². The molecule has 1 aliphatic rings. The van der Waals surface area contributed by atoms with Crippen LogP contribution in [0.25, 0.3) is 5.78 Å². The average molecular weight is 412 g/mol. The number of anilines is 1. The van der Waals surface area contributed by atoms with Crippen molar-refractivity contribution in [2.45, 2.75) is 57.2 Å². The molecule has 1 N–H and O–H groups in total. The lowest BCUT2D eigenvalue weighted by atomic mass is 10.1. The predicted octanol–water partition coefficient (Wildman–Crippen LogP) is 3.97. The van der Waals surface area contributed by atoms with E-state index in [0.29, 0.717) is 10.9 Å². The predicted molar refractivity (Wildman–Crippen MR) is 114 cm³/mol. The standard InChI is InChI=1S/C21H25N5O2S/c1-13-18(14(2)26-20(22-13)24-21(25-26)29-3)12-19(27)23-15-7-6-10-17(11-15)28-16-8-4-5-9-16/h6-7,10-11,16H,4-5,8-9,12H2,1-3H3,(H,23,27). The third-order valence-corrected chi connectivity index (χ3v) is 5.81. The Morgan fingerprint density at radius 2 is 2.07 bits per heavy atom. The van der Waals surface area contributed by atoms with Gasteiger partial charge in [0.15, 0.2) is 0 Å². The molecule has 29 heavy (non-hydrogen) atoms. The summed E-state index contributed by atoms with van der Waals surface area (Å²) in [5.41, 5.74) is 3.28. The Morgan fingerprint density at radius 1 is 1.28 bits per heavy atom. The molecule has 4 rings (SSSR count). The summed E-state index contributed by atoms with van der Waals surface area (Å²) in [5, 5.41) is 8.09. The third kappa shape index (κ3) is 4.37. The molecule has 3 aromatic rings. The zero-order valence-electron chi connectivity index (χ0n) is 16.9. The highest BCUT2D eigenvalue weighted by molar-refractivity contribution is 7.98. The van der Waals surface area contributed by atoms with Crippen molar-refractivity contribution in [3.05, 3.63) is 41.2 Å². The number of aryl methyl sites for hydroxylation is 2. The molecular weight excluding hydrogens is 386 g/mol. The fourth-order valence-electron chi connectivity index (χ4n) is 3.74. The number of thioether (sulfide) groups is 1. The van der Waals surface area contributed by atoms with Gasteiger partial charge in [0, 0.05) is 28.7 Å². The molecule has 1 aliphatic carbocycles. The zero-order valence-corrected chi connectivity index (χ0v) is 17.8. The van der Waals surface area contributed by atoms with Gasteiger partial charge in [0.2, 0.25) is 11.1 Å². The van der Waals surface area contributed by atoms with Crippen molar-refractivity contribution >= 4 is 29.1 Å². The molecule has 1 saturated carbocycles. The van der Waals surface area contributed by atoms with Gasteiger partial charge in [0.05, 0.1) is 12.5 Å². The van der Waals surface area contributed by atoms with Crippen molar-refractivity contribution in [2.24, 2.45) is 0 Å². The second-order valence-electron chi connectivity index (χ2n) is 7.35. The van der Waals surface area contributed by atoms with E-state index in [1.54, 1.807) is 4.52 Å². The van der Waals surface area contributed by atoms with E-state index >= 15 is 0 Å². The zero-order chi connectivity index (χ0) is 20.4. The molecule has 0 bridgehead atoms. The van der Waals surface area contributed by atoms with Gasteiger partial charge in [-0.1, -0.05) is 17.8 Å². The monoisotopic (exact) mass is 411 g/mol. The van der Waals surface area contributed by atoms with Crippen LogP contribution in [0.3, 0.4) is 0 Å². The highest BCUT2D eigenvalue weighted by atomic mass is 32.2. The van der Waals surface area contributed by atoms with Crippen LogP contribution in [0.2, 0.25) is 0 Å². The summed E-state index contributed by atoms with van der Waals surface area (Å²) < 4.78 is 7.74. The van der Waals surface area contributed by atoms with E-state index in [4.69, 9.17) is 4.74 Å². The fraction of sp³-hybridized carbons (Fsp3) is 0.429.